The molecule has 102 valence electrons. The highest BCUT2D eigenvalue weighted by atomic mass is 16.6. The van der Waals surface area contributed by atoms with Crippen LogP contribution in [-0.4, -0.2) is 29.5 Å². The Balaban J connectivity index is 1.96. The Bertz CT molecular complexity index is 499. The van der Waals surface area contributed by atoms with Crippen LogP contribution in [0.25, 0.3) is 0 Å². The van der Waals surface area contributed by atoms with Gasteiger partial charge in [0, 0.05) is 24.8 Å². The molecule has 0 aromatic carbocycles. The number of pyridine rings is 1. The Morgan fingerprint density at radius 1 is 1.53 bits per heavy atom. The van der Waals surface area contributed by atoms with Gasteiger partial charge >= 0.3 is 5.69 Å². The molecule has 0 saturated heterocycles. The van der Waals surface area contributed by atoms with E-state index in [1.54, 1.807) is 6.07 Å². The Hall–Kier alpha value is -1.95. The first-order chi connectivity index (χ1) is 9.16. The van der Waals surface area contributed by atoms with E-state index in [2.05, 4.69) is 21.7 Å². The molecule has 1 aliphatic rings. The normalized spacial score (nSPS) is 14.9. The summed E-state index contributed by atoms with van der Waals surface area (Å²) in [5.74, 6) is 0.361. The van der Waals surface area contributed by atoms with Gasteiger partial charge in [-0.3, -0.25) is 10.1 Å². The van der Waals surface area contributed by atoms with Crippen molar-refractivity contribution < 1.29 is 4.92 Å². The van der Waals surface area contributed by atoms with Gasteiger partial charge in [0.25, 0.3) is 0 Å². The highest BCUT2D eigenvalue weighted by Gasteiger charge is 2.14. The molecule has 0 atom stereocenters. The summed E-state index contributed by atoms with van der Waals surface area (Å²) in [6.07, 6.45) is 4.13. The average Bonchev–Trinajstić information content (AvgIpc) is 2.39. The zero-order chi connectivity index (χ0) is 13.7. The molecule has 0 saturated carbocycles. The van der Waals surface area contributed by atoms with E-state index in [1.807, 2.05) is 6.92 Å². The molecular weight excluding hydrogens is 244 g/mol. The van der Waals surface area contributed by atoms with Crippen molar-refractivity contribution in [2.75, 3.05) is 25.0 Å². The number of hydrogen-bond acceptors (Lipinski definition) is 5. The molecule has 0 radical (unpaired) electrons. The summed E-state index contributed by atoms with van der Waals surface area (Å²) in [6, 6.07) is 3.15. The number of nitrogens with one attached hydrogen (secondary N) is 2. The van der Waals surface area contributed by atoms with Crippen molar-refractivity contribution in [3.05, 3.63) is 39.6 Å². The Kier molecular flexibility index (Phi) is 4.46. The monoisotopic (exact) mass is 262 g/mol. The lowest BCUT2D eigenvalue weighted by Crippen LogP contribution is -2.21. The number of aryl methyl sites for hydroxylation is 1. The lowest BCUT2D eigenvalue weighted by Gasteiger charge is -2.14. The molecule has 0 unspecified atom stereocenters. The van der Waals surface area contributed by atoms with Gasteiger partial charge in [-0.2, -0.15) is 0 Å². The van der Waals surface area contributed by atoms with Gasteiger partial charge in [0.15, 0.2) is 0 Å². The first-order valence-corrected chi connectivity index (χ1v) is 6.41. The van der Waals surface area contributed by atoms with Gasteiger partial charge in [0.2, 0.25) is 5.82 Å². The smallest absolute Gasteiger partial charge is 0.311 e. The fourth-order valence-electron chi connectivity index (χ4n) is 2.06. The van der Waals surface area contributed by atoms with Gasteiger partial charge in [0.05, 0.1) is 4.92 Å². The van der Waals surface area contributed by atoms with Crippen LogP contribution in [0.4, 0.5) is 11.5 Å². The highest BCUT2D eigenvalue weighted by molar-refractivity contribution is 5.56. The summed E-state index contributed by atoms with van der Waals surface area (Å²) in [5.41, 5.74) is 2.20. The lowest BCUT2D eigenvalue weighted by atomic mass is 10.1. The maximum absolute atomic E-state index is 10.9. The summed E-state index contributed by atoms with van der Waals surface area (Å²) in [7, 11) is 0. The highest BCUT2D eigenvalue weighted by Crippen LogP contribution is 2.22. The SMILES string of the molecule is Cc1ccc([N+](=O)[O-])c(NCCC2=CCNCC2)n1. The van der Waals surface area contributed by atoms with Crippen LogP contribution in [0.3, 0.4) is 0 Å². The predicted molar refractivity (Wildman–Crippen MR) is 74.3 cm³/mol. The van der Waals surface area contributed by atoms with Crippen molar-refractivity contribution >= 4 is 11.5 Å². The van der Waals surface area contributed by atoms with E-state index in [1.165, 1.54) is 11.6 Å². The summed E-state index contributed by atoms with van der Waals surface area (Å²) in [4.78, 5) is 14.7. The van der Waals surface area contributed by atoms with E-state index >= 15 is 0 Å². The fourth-order valence-corrected chi connectivity index (χ4v) is 2.06. The van der Waals surface area contributed by atoms with Crippen LogP contribution in [0.15, 0.2) is 23.8 Å². The van der Waals surface area contributed by atoms with E-state index in [-0.39, 0.29) is 5.69 Å². The van der Waals surface area contributed by atoms with E-state index in [4.69, 9.17) is 0 Å². The van der Waals surface area contributed by atoms with Crippen molar-refractivity contribution in [2.24, 2.45) is 0 Å². The zero-order valence-electron chi connectivity index (χ0n) is 11.0. The molecule has 0 amide bonds. The zero-order valence-corrected chi connectivity index (χ0v) is 11.0. The molecule has 0 fully saturated rings. The largest absolute Gasteiger partial charge is 0.364 e. The van der Waals surface area contributed by atoms with E-state index in [9.17, 15) is 10.1 Å². The number of rotatable bonds is 5. The summed E-state index contributed by atoms with van der Waals surface area (Å²) in [5, 5.41) is 17.2. The van der Waals surface area contributed by atoms with Crippen LogP contribution < -0.4 is 10.6 Å². The quantitative estimate of drug-likeness (QED) is 0.482. The van der Waals surface area contributed by atoms with E-state index in [0.29, 0.717) is 12.4 Å². The minimum Gasteiger partial charge on any atom is -0.364 e. The fraction of sp³-hybridized carbons (Fsp3) is 0.462. The summed E-state index contributed by atoms with van der Waals surface area (Å²) in [6.45, 7) is 4.42. The van der Waals surface area contributed by atoms with E-state index in [0.717, 1.165) is 31.6 Å². The lowest BCUT2D eigenvalue weighted by molar-refractivity contribution is -0.384. The third kappa shape index (κ3) is 3.75. The van der Waals surface area contributed by atoms with E-state index < -0.39 is 4.92 Å². The molecule has 2 N–H and O–H groups in total. The van der Waals surface area contributed by atoms with Crippen LogP contribution in [-0.2, 0) is 0 Å². The topological polar surface area (TPSA) is 80.1 Å². The number of nitro groups is 1. The van der Waals surface area contributed by atoms with Crippen molar-refractivity contribution in [3.8, 4) is 0 Å². The number of aromatic nitrogens is 1. The molecule has 0 spiro atoms. The minimum absolute atomic E-state index is 0.0323. The first kappa shape index (κ1) is 13.5. The molecule has 6 nitrogen and oxygen atoms in total. The van der Waals surface area contributed by atoms with Crippen molar-refractivity contribution in [2.45, 2.75) is 19.8 Å². The minimum atomic E-state index is -0.404. The van der Waals surface area contributed by atoms with Gasteiger partial charge in [-0.1, -0.05) is 11.6 Å². The molecule has 0 aliphatic carbocycles. The molecule has 6 heteroatoms. The predicted octanol–water partition coefficient (Wildman–Crippen LogP) is 2.02. The average molecular weight is 262 g/mol. The Morgan fingerprint density at radius 3 is 3.05 bits per heavy atom. The second-order valence-electron chi connectivity index (χ2n) is 4.57. The summed E-state index contributed by atoms with van der Waals surface area (Å²) < 4.78 is 0. The Labute approximate surface area is 112 Å². The standard InChI is InChI=1S/C13H18N4O2/c1-10-2-3-12(17(18)19)13(16-10)15-9-6-11-4-7-14-8-5-11/h2-4,14H,5-9H2,1H3,(H,15,16). The molecular formula is C13H18N4O2. The summed E-state index contributed by atoms with van der Waals surface area (Å²) >= 11 is 0. The van der Waals surface area contributed by atoms with Crippen molar-refractivity contribution in [1.82, 2.24) is 10.3 Å². The maximum Gasteiger partial charge on any atom is 0.311 e. The molecule has 2 rings (SSSR count). The molecule has 19 heavy (non-hydrogen) atoms. The van der Waals surface area contributed by atoms with Crippen LogP contribution in [0.5, 0.6) is 0 Å². The maximum atomic E-state index is 10.9. The Morgan fingerprint density at radius 2 is 2.37 bits per heavy atom. The molecule has 2 heterocycles. The molecule has 1 aliphatic heterocycles. The third-order valence-corrected chi connectivity index (χ3v) is 3.11. The molecule has 0 bridgehead atoms. The number of anilines is 1. The second-order valence-corrected chi connectivity index (χ2v) is 4.57. The van der Waals surface area contributed by atoms with Gasteiger partial charge in [-0.25, -0.2) is 4.98 Å². The van der Waals surface area contributed by atoms with Crippen LogP contribution >= 0.6 is 0 Å². The van der Waals surface area contributed by atoms with Crippen molar-refractivity contribution in [3.63, 3.8) is 0 Å². The van der Waals surface area contributed by atoms with Gasteiger partial charge in [-0.15, -0.1) is 0 Å². The number of hydrogen-bond donors (Lipinski definition) is 2. The second kappa shape index (κ2) is 6.29. The molecule has 1 aromatic rings. The van der Waals surface area contributed by atoms with Crippen molar-refractivity contribution in [1.29, 1.82) is 0 Å². The van der Waals surface area contributed by atoms with Crippen LogP contribution in [0.1, 0.15) is 18.5 Å². The van der Waals surface area contributed by atoms with Crippen LogP contribution in [0.2, 0.25) is 0 Å². The van der Waals surface area contributed by atoms with Gasteiger partial charge < -0.3 is 10.6 Å². The molecule has 1 aromatic heterocycles. The third-order valence-electron chi connectivity index (χ3n) is 3.11. The number of nitrogens with zero attached hydrogens (tertiary/aromatic N) is 2. The van der Waals surface area contributed by atoms with Crippen LogP contribution in [0, 0.1) is 17.0 Å². The van der Waals surface area contributed by atoms with Gasteiger partial charge in [0.1, 0.15) is 0 Å². The van der Waals surface area contributed by atoms with Gasteiger partial charge in [-0.05, 0) is 32.4 Å². The first-order valence-electron chi connectivity index (χ1n) is 6.41.